The molecule has 0 spiro atoms. The maximum atomic E-state index is 13.4. The number of benzene rings is 2. The van der Waals surface area contributed by atoms with E-state index >= 15 is 0 Å². The molecule has 0 unspecified atom stereocenters. The maximum absolute atomic E-state index is 13.4. The van der Waals surface area contributed by atoms with Crippen molar-refractivity contribution < 1.29 is 13.9 Å². The van der Waals surface area contributed by atoms with Gasteiger partial charge in [-0.3, -0.25) is 4.79 Å². The molecule has 0 fully saturated rings. The van der Waals surface area contributed by atoms with Crippen molar-refractivity contribution in [2.75, 3.05) is 23.8 Å². The summed E-state index contributed by atoms with van der Waals surface area (Å²) in [6.45, 7) is 2.16. The van der Waals surface area contributed by atoms with E-state index < -0.39 is 5.82 Å². The predicted molar refractivity (Wildman–Crippen MR) is 85.8 cm³/mol. The molecule has 2 aromatic rings. The number of amides is 1. The Morgan fingerprint density at radius 3 is 2.83 bits per heavy atom. The second kappa shape index (κ2) is 7.80. The number of ether oxygens (including phenoxy) is 1. The van der Waals surface area contributed by atoms with Crippen molar-refractivity contribution in [3.05, 3.63) is 53.8 Å². The summed E-state index contributed by atoms with van der Waals surface area (Å²) in [7, 11) is 0. The highest BCUT2D eigenvalue weighted by molar-refractivity contribution is 5.88. The number of hydrogen-bond donors (Lipinski definition) is 2. The highest BCUT2D eigenvalue weighted by atomic mass is 19.1. The smallest absolute Gasteiger partial charge is 0.221 e. The summed E-state index contributed by atoms with van der Waals surface area (Å²) in [5, 5.41) is 14.6. The summed E-state index contributed by atoms with van der Waals surface area (Å²) in [6.07, 6.45) is 0. The zero-order chi connectivity index (χ0) is 16.7. The Bertz CT molecular complexity index is 741. The molecule has 0 bridgehead atoms. The van der Waals surface area contributed by atoms with E-state index in [1.807, 2.05) is 6.07 Å². The second-order valence-corrected chi connectivity index (χ2v) is 4.76. The largest absolute Gasteiger partial charge is 0.492 e. The molecule has 6 heteroatoms. The standard InChI is InChI=1S/C17H16FN3O2/c1-12(22)21-13-4-2-5-14(10-13)23-9-8-20-17-7-3-6-16(18)15(17)11-19/h2-7,10,20H,8-9H2,1H3,(H,21,22). The van der Waals surface area contributed by atoms with Gasteiger partial charge in [-0.2, -0.15) is 5.26 Å². The predicted octanol–water partition coefficient (Wildman–Crippen LogP) is 3.15. The van der Waals surface area contributed by atoms with Gasteiger partial charge in [0.1, 0.15) is 29.8 Å². The third-order valence-electron chi connectivity index (χ3n) is 2.97. The Kier molecular flexibility index (Phi) is 5.53. The SMILES string of the molecule is CC(=O)Nc1cccc(OCCNc2cccc(F)c2C#N)c1. The molecule has 0 heterocycles. The topological polar surface area (TPSA) is 74.2 Å². The minimum atomic E-state index is -0.554. The number of rotatable bonds is 6. The van der Waals surface area contributed by atoms with E-state index in [9.17, 15) is 9.18 Å². The van der Waals surface area contributed by atoms with Gasteiger partial charge in [-0.15, -0.1) is 0 Å². The van der Waals surface area contributed by atoms with Crippen molar-refractivity contribution in [3.63, 3.8) is 0 Å². The van der Waals surface area contributed by atoms with Crippen LogP contribution >= 0.6 is 0 Å². The van der Waals surface area contributed by atoms with Gasteiger partial charge in [-0.25, -0.2) is 4.39 Å². The zero-order valence-electron chi connectivity index (χ0n) is 12.6. The van der Waals surface area contributed by atoms with Gasteiger partial charge in [-0.05, 0) is 24.3 Å². The number of hydrogen-bond acceptors (Lipinski definition) is 4. The van der Waals surface area contributed by atoms with Gasteiger partial charge in [0.25, 0.3) is 0 Å². The van der Waals surface area contributed by atoms with Gasteiger partial charge in [0.05, 0.1) is 5.69 Å². The lowest BCUT2D eigenvalue weighted by atomic mass is 10.2. The first-order valence-electron chi connectivity index (χ1n) is 7.03. The normalized spacial score (nSPS) is 9.78. The molecule has 5 nitrogen and oxygen atoms in total. The molecule has 0 aliphatic carbocycles. The van der Waals surface area contributed by atoms with E-state index in [0.717, 1.165) is 0 Å². The Morgan fingerprint density at radius 2 is 2.09 bits per heavy atom. The zero-order valence-corrected chi connectivity index (χ0v) is 12.6. The van der Waals surface area contributed by atoms with E-state index in [2.05, 4.69) is 10.6 Å². The molecule has 0 aliphatic heterocycles. The minimum absolute atomic E-state index is 0.0137. The molecule has 0 atom stereocenters. The van der Waals surface area contributed by atoms with Crippen LogP contribution in [0.1, 0.15) is 12.5 Å². The van der Waals surface area contributed by atoms with Crippen molar-refractivity contribution >= 4 is 17.3 Å². The number of carbonyl (C=O) groups is 1. The van der Waals surface area contributed by atoms with Gasteiger partial charge in [0.2, 0.25) is 5.91 Å². The van der Waals surface area contributed by atoms with Crippen LogP contribution in [0.5, 0.6) is 5.75 Å². The number of nitriles is 1. The van der Waals surface area contributed by atoms with E-state index in [4.69, 9.17) is 10.00 Å². The van der Waals surface area contributed by atoms with Crippen LogP contribution in [0.15, 0.2) is 42.5 Å². The van der Waals surface area contributed by atoms with Crippen LogP contribution in [-0.4, -0.2) is 19.1 Å². The van der Waals surface area contributed by atoms with Crippen molar-refractivity contribution in [2.45, 2.75) is 6.92 Å². The lowest BCUT2D eigenvalue weighted by Gasteiger charge is -2.11. The summed E-state index contributed by atoms with van der Waals surface area (Å²) in [4.78, 5) is 11.0. The van der Waals surface area contributed by atoms with Crippen LogP contribution in [0.4, 0.5) is 15.8 Å². The molecule has 0 aliphatic rings. The monoisotopic (exact) mass is 313 g/mol. The lowest BCUT2D eigenvalue weighted by molar-refractivity contribution is -0.114. The van der Waals surface area contributed by atoms with Gasteiger partial charge in [-0.1, -0.05) is 12.1 Å². The lowest BCUT2D eigenvalue weighted by Crippen LogP contribution is -2.13. The van der Waals surface area contributed by atoms with E-state index in [1.165, 1.54) is 19.1 Å². The molecular formula is C17H16FN3O2. The third kappa shape index (κ3) is 4.71. The molecule has 23 heavy (non-hydrogen) atoms. The first-order chi connectivity index (χ1) is 11.1. The van der Waals surface area contributed by atoms with Crippen LogP contribution in [0.3, 0.4) is 0 Å². The highest BCUT2D eigenvalue weighted by Gasteiger charge is 2.06. The molecular weight excluding hydrogens is 297 g/mol. The van der Waals surface area contributed by atoms with E-state index in [0.29, 0.717) is 30.3 Å². The number of nitrogens with zero attached hydrogens (tertiary/aromatic N) is 1. The Balaban J connectivity index is 1.88. The number of carbonyl (C=O) groups excluding carboxylic acids is 1. The van der Waals surface area contributed by atoms with Gasteiger partial charge in [0, 0.05) is 25.2 Å². The molecule has 0 aromatic heterocycles. The third-order valence-corrected chi connectivity index (χ3v) is 2.97. The molecule has 2 N–H and O–H groups in total. The summed E-state index contributed by atoms with van der Waals surface area (Å²) in [5.74, 6) is -0.0989. The van der Waals surface area contributed by atoms with Crippen molar-refractivity contribution in [2.24, 2.45) is 0 Å². The first-order valence-corrected chi connectivity index (χ1v) is 7.03. The number of nitrogens with one attached hydrogen (secondary N) is 2. The molecule has 0 radical (unpaired) electrons. The molecule has 1 amide bonds. The quantitative estimate of drug-likeness (QED) is 0.803. The minimum Gasteiger partial charge on any atom is -0.492 e. The fraction of sp³-hybridized carbons (Fsp3) is 0.176. The van der Waals surface area contributed by atoms with Crippen LogP contribution in [0.2, 0.25) is 0 Å². The van der Waals surface area contributed by atoms with Crippen molar-refractivity contribution in [3.8, 4) is 11.8 Å². The van der Waals surface area contributed by atoms with E-state index in [1.54, 1.807) is 30.3 Å². The second-order valence-electron chi connectivity index (χ2n) is 4.76. The number of halogens is 1. The Morgan fingerprint density at radius 1 is 1.30 bits per heavy atom. The van der Waals surface area contributed by atoms with Crippen molar-refractivity contribution in [1.82, 2.24) is 0 Å². The van der Waals surface area contributed by atoms with Crippen LogP contribution in [0.25, 0.3) is 0 Å². The number of anilines is 2. The van der Waals surface area contributed by atoms with Crippen LogP contribution in [0, 0.1) is 17.1 Å². The summed E-state index contributed by atoms with van der Waals surface area (Å²) in [6, 6.07) is 13.3. The van der Waals surface area contributed by atoms with Crippen LogP contribution in [-0.2, 0) is 4.79 Å². The van der Waals surface area contributed by atoms with Gasteiger partial charge in [0.15, 0.2) is 0 Å². The van der Waals surface area contributed by atoms with Crippen molar-refractivity contribution in [1.29, 1.82) is 5.26 Å². The van der Waals surface area contributed by atoms with E-state index in [-0.39, 0.29) is 11.5 Å². The summed E-state index contributed by atoms with van der Waals surface area (Å²) in [5.41, 5.74) is 1.07. The first kappa shape index (κ1) is 16.3. The molecule has 0 saturated heterocycles. The van der Waals surface area contributed by atoms with Gasteiger partial charge < -0.3 is 15.4 Å². The molecule has 0 saturated carbocycles. The highest BCUT2D eigenvalue weighted by Crippen LogP contribution is 2.19. The molecule has 118 valence electrons. The molecule has 2 rings (SSSR count). The van der Waals surface area contributed by atoms with Gasteiger partial charge >= 0.3 is 0 Å². The Labute approximate surface area is 133 Å². The summed E-state index contributed by atoms with van der Waals surface area (Å²) >= 11 is 0. The maximum Gasteiger partial charge on any atom is 0.221 e. The van der Waals surface area contributed by atoms with Crippen LogP contribution < -0.4 is 15.4 Å². The average molecular weight is 313 g/mol. The fourth-order valence-electron chi connectivity index (χ4n) is 2.01. The fourth-order valence-corrected chi connectivity index (χ4v) is 2.01. The summed E-state index contributed by atoms with van der Waals surface area (Å²) < 4.78 is 19.0. The Hall–Kier alpha value is -3.07. The average Bonchev–Trinajstić information content (AvgIpc) is 2.51. The molecule has 2 aromatic carbocycles.